The van der Waals surface area contributed by atoms with Crippen molar-refractivity contribution in [2.45, 2.75) is 12.5 Å². The molecule has 0 fully saturated rings. The molecule has 5 nitrogen and oxygen atoms in total. The zero-order valence-corrected chi connectivity index (χ0v) is 12.6. The summed E-state index contributed by atoms with van der Waals surface area (Å²) < 4.78 is 7.51. The van der Waals surface area contributed by atoms with Crippen molar-refractivity contribution < 1.29 is 9.53 Å². The van der Waals surface area contributed by atoms with Crippen LogP contribution in [0.1, 0.15) is 11.5 Å². The maximum Gasteiger partial charge on any atom is 0.240 e. The quantitative estimate of drug-likeness (QED) is 0.805. The fourth-order valence-electron chi connectivity index (χ4n) is 2.98. The van der Waals surface area contributed by atoms with Gasteiger partial charge in [0.05, 0.1) is 24.0 Å². The van der Waals surface area contributed by atoms with E-state index in [4.69, 9.17) is 4.74 Å². The highest BCUT2D eigenvalue weighted by Gasteiger charge is 2.23. The van der Waals surface area contributed by atoms with Gasteiger partial charge in [-0.2, -0.15) is 0 Å². The van der Waals surface area contributed by atoms with Crippen LogP contribution in [-0.4, -0.2) is 28.6 Å². The van der Waals surface area contributed by atoms with E-state index < -0.39 is 0 Å². The zero-order chi connectivity index (χ0) is 15.6. The Kier molecular flexibility index (Phi) is 3.46. The number of imidazole rings is 1. The average Bonchev–Trinajstić information content (AvgIpc) is 3.18. The SMILES string of the molecule is O=C(Cn1cnc2ccccc21)NCC1COc2ccccc21. The zero-order valence-electron chi connectivity index (χ0n) is 12.6. The molecule has 0 bridgehead atoms. The standard InChI is InChI=1S/C18H17N3O2/c22-18(10-21-12-20-15-6-2-3-7-16(15)21)19-9-13-11-23-17-8-4-1-5-14(13)17/h1-8,12-13H,9-11H2,(H,19,22). The van der Waals surface area contributed by atoms with Crippen LogP contribution in [0.2, 0.25) is 0 Å². The summed E-state index contributed by atoms with van der Waals surface area (Å²) >= 11 is 0. The predicted octanol–water partition coefficient (Wildman–Crippen LogP) is 2.33. The Labute approximate surface area is 133 Å². The van der Waals surface area contributed by atoms with Gasteiger partial charge >= 0.3 is 0 Å². The Morgan fingerprint density at radius 1 is 1.22 bits per heavy atom. The van der Waals surface area contributed by atoms with Crippen molar-refractivity contribution in [3.63, 3.8) is 0 Å². The van der Waals surface area contributed by atoms with E-state index in [1.54, 1.807) is 6.33 Å². The molecule has 0 saturated carbocycles. The van der Waals surface area contributed by atoms with E-state index in [-0.39, 0.29) is 18.4 Å². The first-order chi connectivity index (χ1) is 11.3. The minimum atomic E-state index is -0.0162. The van der Waals surface area contributed by atoms with Crippen LogP contribution in [-0.2, 0) is 11.3 Å². The van der Waals surface area contributed by atoms with Gasteiger partial charge in [0.2, 0.25) is 5.91 Å². The summed E-state index contributed by atoms with van der Waals surface area (Å²) in [5, 5.41) is 3.00. The Morgan fingerprint density at radius 3 is 3.00 bits per heavy atom. The fourth-order valence-corrected chi connectivity index (χ4v) is 2.98. The number of ether oxygens (including phenoxy) is 1. The smallest absolute Gasteiger partial charge is 0.240 e. The second-order valence-corrected chi connectivity index (χ2v) is 5.71. The number of amides is 1. The highest BCUT2D eigenvalue weighted by molar-refractivity contribution is 5.80. The summed E-state index contributed by atoms with van der Waals surface area (Å²) in [6.07, 6.45) is 1.71. The van der Waals surface area contributed by atoms with E-state index in [1.807, 2.05) is 47.0 Å². The van der Waals surface area contributed by atoms with Gasteiger partial charge < -0.3 is 14.6 Å². The van der Waals surface area contributed by atoms with Gasteiger partial charge in [-0.05, 0) is 18.2 Å². The maximum atomic E-state index is 12.2. The van der Waals surface area contributed by atoms with E-state index in [1.165, 1.54) is 5.56 Å². The Hall–Kier alpha value is -2.82. The molecule has 0 saturated heterocycles. The molecule has 2 heterocycles. The molecule has 23 heavy (non-hydrogen) atoms. The maximum absolute atomic E-state index is 12.2. The van der Waals surface area contributed by atoms with E-state index in [0.29, 0.717) is 13.2 Å². The van der Waals surface area contributed by atoms with Crippen LogP contribution in [0.4, 0.5) is 0 Å². The molecule has 0 radical (unpaired) electrons. The lowest BCUT2D eigenvalue weighted by Gasteiger charge is -2.11. The number of rotatable bonds is 4. The highest BCUT2D eigenvalue weighted by atomic mass is 16.5. The summed E-state index contributed by atoms with van der Waals surface area (Å²) in [6, 6.07) is 15.8. The number of aromatic nitrogens is 2. The van der Waals surface area contributed by atoms with Crippen molar-refractivity contribution in [2.24, 2.45) is 0 Å². The molecule has 0 spiro atoms. The van der Waals surface area contributed by atoms with Gasteiger partial charge in [0, 0.05) is 18.0 Å². The number of hydrogen-bond acceptors (Lipinski definition) is 3. The molecular formula is C18H17N3O2. The van der Waals surface area contributed by atoms with Crippen LogP contribution in [0.15, 0.2) is 54.9 Å². The third kappa shape index (κ3) is 2.65. The average molecular weight is 307 g/mol. The van der Waals surface area contributed by atoms with Gasteiger partial charge in [-0.1, -0.05) is 30.3 Å². The van der Waals surface area contributed by atoms with Crippen molar-refractivity contribution in [1.29, 1.82) is 0 Å². The Balaban J connectivity index is 1.40. The lowest BCUT2D eigenvalue weighted by Crippen LogP contribution is -2.31. The van der Waals surface area contributed by atoms with Crippen LogP contribution in [0, 0.1) is 0 Å². The topological polar surface area (TPSA) is 56.2 Å². The van der Waals surface area contributed by atoms with Gasteiger partial charge in [0.25, 0.3) is 0 Å². The monoisotopic (exact) mass is 307 g/mol. The molecule has 2 aromatic carbocycles. The van der Waals surface area contributed by atoms with Crippen LogP contribution in [0.3, 0.4) is 0 Å². The van der Waals surface area contributed by atoms with Crippen molar-refractivity contribution in [3.8, 4) is 5.75 Å². The molecule has 116 valence electrons. The first kappa shape index (κ1) is 13.8. The number of fused-ring (bicyclic) bond motifs is 2. The number of benzene rings is 2. The molecule has 1 aliphatic heterocycles. The summed E-state index contributed by atoms with van der Waals surface area (Å²) in [7, 11) is 0. The van der Waals surface area contributed by atoms with Crippen molar-refractivity contribution in [1.82, 2.24) is 14.9 Å². The number of hydrogen-bond donors (Lipinski definition) is 1. The number of nitrogens with zero attached hydrogens (tertiary/aromatic N) is 2. The second kappa shape index (κ2) is 5.76. The molecule has 1 N–H and O–H groups in total. The fraction of sp³-hybridized carbons (Fsp3) is 0.222. The van der Waals surface area contributed by atoms with E-state index in [2.05, 4.69) is 16.4 Å². The Morgan fingerprint density at radius 2 is 2.04 bits per heavy atom. The van der Waals surface area contributed by atoms with Crippen LogP contribution < -0.4 is 10.1 Å². The van der Waals surface area contributed by atoms with Crippen LogP contribution >= 0.6 is 0 Å². The van der Waals surface area contributed by atoms with Crippen LogP contribution in [0.25, 0.3) is 11.0 Å². The third-order valence-corrected chi connectivity index (χ3v) is 4.19. The summed E-state index contributed by atoms with van der Waals surface area (Å²) in [5.74, 6) is 1.12. The van der Waals surface area contributed by atoms with Crippen molar-refractivity contribution >= 4 is 16.9 Å². The van der Waals surface area contributed by atoms with Gasteiger partial charge in [-0.3, -0.25) is 4.79 Å². The van der Waals surface area contributed by atoms with Gasteiger partial charge in [0.15, 0.2) is 0 Å². The number of nitrogens with one attached hydrogen (secondary N) is 1. The van der Waals surface area contributed by atoms with Crippen molar-refractivity contribution in [3.05, 3.63) is 60.4 Å². The minimum Gasteiger partial charge on any atom is -0.493 e. The second-order valence-electron chi connectivity index (χ2n) is 5.71. The molecular weight excluding hydrogens is 290 g/mol. The minimum absolute atomic E-state index is 0.0162. The summed E-state index contributed by atoms with van der Waals surface area (Å²) in [5.41, 5.74) is 3.04. The third-order valence-electron chi connectivity index (χ3n) is 4.19. The first-order valence-electron chi connectivity index (χ1n) is 7.69. The molecule has 1 aliphatic rings. The summed E-state index contributed by atoms with van der Waals surface area (Å²) in [4.78, 5) is 16.5. The molecule has 1 atom stereocenters. The molecule has 3 aromatic rings. The molecule has 5 heteroatoms. The van der Waals surface area contributed by atoms with Gasteiger partial charge in [-0.25, -0.2) is 4.98 Å². The molecule has 1 unspecified atom stereocenters. The highest BCUT2D eigenvalue weighted by Crippen LogP contribution is 2.32. The number of carbonyl (C=O) groups is 1. The molecule has 1 amide bonds. The van der Waals surface area contributed by atoms with Crippen molar-refractivity contribution in [2.75, 3.05) is 13.2 Å². The normalized spacial score (nSPS) is 16.1. The van der Waals surface area contributed by atoms with Crippen LogP contribution in [0.5, 0.6) is 5.75 Å². The number of carbonyl (C=O) groups excluding carboxylic acids is 1. The Bertz CT molecular complexity index is 856. The molecule has 0 aliphatic carbocycles. The largest absolute Gasteiger partial charge is 0.493 e. The van der Waals surface area contributed by atoms with E-state index in [9.17, 15) is 4.79 Å². The van der Waals surface area contributed by atoms with Gasteiger partial charge in [0.1, 0.15) is 12.3 Å². The lowest BCUT2D eigenvalue weighted by molar-refractivity contribution is -0.121. The lowest BCUT2D eigenvalue weighted by atomic mass is 10.0. The van der Waals surface area contributed by atoms with E-state index in [0.717, 1.165) is 16.8 Å². The molecule has 4 rings (SSSR count). The number of para-hydroxylation sites is 3. The molecule has 1 aromatic heterocycles. The predicted molar refractivity (Wildman–Crippen MR) is 87.4 cm³/mol. The van der Waals surface area contributed by atoms with E-state index >= 15 is 0 Å². The van der Waals surface area contributed by atoms with Gasteiger partial charge in [-0.15, -0.1) is 0 Å². The summed E-state index contributed by atoms with van der Waals surface area (Å²) in [6.45, 7) is 1.48. The first-order valence-corrected chi connectivity index (χ1v) is 7.69.